The molecule has 1 aromatic rings. The van der Waals surface area contributed by atoms with E-state index in [-0.39, 0.29) is 24.9 Å². The van der Waals surface area contributed by atoms with E-state index in [1.165, 1.54) is 21.0 Å². The highest BCUT2D eigenvalue weighted by molar-refractivity contribution is 5.87. The number of fused-ring (bicyclic) bond motifs is 4. The molecule has 1 aromatic heterocycles. The molecule has 0 bridgehead atoms. The highest BCUT2D eigenvalue weighted by Gasteiger charge is 2.77. The normalized spacial score (nSPS) is 39.3. The van der Waals surface area contributed by atoms with Crippen molar-refractivity contribution in [3.8, 4) is 0 Å². The summed E-state index contributed by atoms with van der Waals surface area (Å²) in [6, 6.07) is 1.92. The second-order valence-corrected chi connectivity index (χ2v) is 14.2. The van der Waals surface area contributed by atoms with Gasteiger partial charge in [-0.1, -0.05) is 25.5 Å². The van der Waals surface area contributed by atoms with Crippen LogP contribution < -0.4 is 0 Å². The van der Waals surface area contributed by atoms with Gasteiger partial charge in [0.25, 0.3) is 0 Å². The zero-order valence-corrected chi connectivity index (χ0v) is 28.6. The number of carbonyl (C=O) groups is 5. The number of allylic oxidation sites excluding steroid dienone is 2. The van der Waals surface area contributed by atoms with Gasteiger partial charge in [-0.05, 0) is 57.2 Å². The minimum atomic E-state index is -1.43. The summed E-state index contributed by atoms with van der Waals surface area (Å²) < 4.78 is 35.9. The van der Waals surface area contributed by atoms with Gasteiger partial charge < -0.3 is 32.9 Å². The Kier molecular flexibility index (Phi) is 9.11. The van der Waals surface area contributed by atoms with Crippen LogP contribution in [0.1, 0.15) is 86.1 Å². The summed E-state index contributed by atoms with van der Waals surface area (Å²) in [4.78, 5) is 65.6. The van der Waals surface area contributed by atoms with Crippen molar-refractivity contribution in [2.45, 2.75) is 111 Å². The van der Waals surface area contributed by atoms with E-state index in [4.69, 9.17) is 28.1 Å². The summed E-state index contributed by atoms with van der Waals surface area (Å²) in [6.45, 7) is 13.5. The molecular formula is C36H46O11. The van der Waals surface area contributed by atoms with Gasteiger partial charge in [-0.25, -0.2) is 4.79 Å². The molecule has 5 rings (SSSR count). The molecule has 0 spiro atoms. The maximum Gasteiger partial charge on any atom is 0.333 e. The molecule has 2 saturated carbocycles. The molecule has 0 N–H and O–H groups in total. The zero-order valence-electron chi connectivity index (χ0n) is 28.6. The molecule has 2 heterocycles. The van der Waals surface area contributed by atoms with Gasteiger partial charge in [0.05, 0.1) is 31.2 Å². The van der Waals surface area contributed by atoms with Crippen molar-refractivity contribution in [3.05, 3.63) is 47.0 Å². The molecule has 1 saturated heterocycles. The van der Waals surface area contributed by atoms with Crippen LogP contribution in [-0.2, 0) is 47.7 Å². The Balaban J connectivity index is 1.81. The second-order valence-electron chi connectivity index (χ2n) is 14.2. The summed E-state index contributed by atoms with van der Waals surface area (Å²) >= 11 is 0. The van der Waals surface area contributed by atoms with Crippen LogP contribution in [0.25, 0.3) is 0 Å². The van der Waals surface area contributed by atoms with Gasteiger partial charge in [-0.3, -0.25) is 14.4 Å². The summed E-state index contributed by atoms with van der Waals surface area (Å²) in [6.07, 6.45) is 1.99. The van der Waals surface area contributed by atoms with E-state index in [9.17, 15) is 24.0 Å². The SMILES string of the molecule is C/C=C(\C)C(=O)O[C@H]1C[C@@H](OC(C)=O)[C@@](C)(C=O)[C@@H]2[C@@H](OC(C)=O)[C@H]3O[C@@H]4C[C@@H](c5ccoc5)C(C)=C4[C@@]3(C)[C@H](CC(=O)OC)[C@@]12C. The third-order valence-corrected chi connectivity index (χ3v) is 11.9. The molecule has 11 atom stereocenters. The van der Waals surface area contributed by atoms with Crippen molar-refractivity contribution in [1.29, 1.82) is 0 Å². The molecule has 0 unspecified atom stereocenters. The predicted molar refractivity (Wildman–Crippen MR) is 166 cm³/mol. The van der Waals surface area contributed by atoms with Crippen molar-refractivity contribution in [3.63, 3.8) is 0 Å². The molecule has 11 nitrogen and oxygen atoms in total. The number of rotatable bonds is 8. The number of esters is 4. The highest BCUT2D eigenvalue weighted by atomic mass is 16.6. The smallest absolute Gasteiger partial charge is 0.333 e. The Hall–Kier alpha value is -3.73. The lowest BCUT2D eigenvalue weighted by Gasteiger charge is -2.67. The first kappa shape index (κ1) is 34.6. The molecule has 3 aliphatic carbocycles. The topological polar surface area (TPSA) is 145 Å². The maximum absolute atomic E-state index is 13.5. The Morgan fingerprint density at radius 3 is 2.23 bits per heavy atom. The fourth-order valence-electron chi connectivity index (χ4n) is 9.77. The van der Waals surface area contributed by atoms with Crippen LogP contribution >= 0.6 is 0 Å². The summed E-state index contributed by atoms with van der Waals surface area (Å²) in [5.74, 6) is -3.83. The van der Waals surface area contributed by atoms with Gasteiger partial charge in [-0.15, -0.1) is 0 Å². The average Bonchev–Trinajstić information content (AvgIpc) is 3.73. The first-order chi connectivity index (χ1) is 22.1. The Morgan fingerprint density at radius 1 is 1.00 bits per heavy atom. The number of ether oxygens (including phenoxy) is 5. The molecule has 1 aliphatic heterocycles. The lowest BCUT2D eigenvalue weighted by Crippen LogP contribution is -2.74. The number of hydrogen-bond acceptors (Lipinski definition) is 11. The Bertz CT molecular complexity index is 1510. The van der Waals surface area contributed by atoms with E-state index in [0.29, 0.717) is 12.0 Å². The van der Waals surface area contributed by atoms with Crippen molar-refractivity contribution in [1.82, 2.24) is 0 Å². The van der Waals surface area contributed by atoms with E-state index in [0.717, 1.165) is 23.0 Å². The quantitative estimate of drug-likeness (QED) is 0.122. The number of methoxy groups -OCH3 is 1. The number of furan rings is 1. The van der Waals surface area contributed by atoms with Crippen molar-refractivity contribution < 1.29 is 52.1 Å². The van der Waals surface area contributed by atoms with Crippen LogP contribution in [-0.4, -0.2) is 67.8 Å². The molecule has 11 heteroatoms. The third-order valence-electron chi connectivity index (χ3n) is 11.9. The summed E-state index contributed by atoms with van der Waals surface area (Å²) in [7, 11) is 1.31. The number of hydrogen-bond donors (Lipinski definition) is 0. The van der Waals surface area contributed by atoms with Gasteiger partial charge >= 0.3 is 23.9 Å². The van der Waals surface area contributed by atoms with Crippen LogP contribution in [0.5, 0.6) is 0 Å². The van der Waals surface area contributed by atoms with Crippen LogP contribution in [0.4, 0.5) is 0 Å². The summed E-state index contributed by atoms with van der Waals surface area (Å²) in [5.41, 5.74) is -0.161. The fourth-order valence-corrected chi connectivity index (χ4v) is 9.77. The lowest BCUT2D eigenvalue weighted by molar-refractivity contribution is -0.281. The molecule has 0 aromatic carbocycles. The van der Waals surface area contributed by atoms with Crippen molar-refractivity contribution in [2.75, 3.05) is 7.11 Å². The molecule has 256 valence electrons. The zero-order chi connectivity index (χ0) is 34.6. The number of aldehydes is 1. The summed E-state index contributed by atoms with van der Waals surface area (Å²) in [5, 5.41) is 0. The minimum absolute atomic E-state index is 0.00563. The predicted octanol–water partition coefficient (Wildman–Crippen LogP) is 5.02. The lowest BCUT2D eigenvalue weighted by atomic mass is 9.39. The number of carbonyl (C=O) groups excluding carboxylic acids is 5. The monoisotopic (exact) mass is 654 g/mol. The molecule has 0 amide bonds. The van der Waals surface area contributed by atoms with Crippen molar-refractivity contribution in [2.24, 2.45) is 28.1 Å². The minimum Gasteiger partial charge on any atom is -0.472 e. The van der Waals surface area contributed by atoms with Gasteiger partial charge in [0, 0.05) is 54.9 Å². The van der Waals surface area contributed by atoms with Crippen LogP contribution in [0.15, 0.2) is 45.8 Å². The Labute approximate surface area is 275 Å². The van der Waals surface area contributed by atoms with Gasteiger partial charge in [0.2, 0.25) is 0 Å². The van der Waals surface area contributed by atoms with Crippen LogP contribution in [0.3, 0.4) is 0 Å². The van der Waals surface area contributed by atoms with Crippen molar-refractivity contribution >= 4 is 30.2 Å². The standard InChI is InChI=1S/C36H46O11/c1-10-18(2)33(41)47-27-15-26(44-20(4)38)34(6,17-37)31-30(45-21(5)39)32-36(8,25(35(27,31)7)14-28(40)42-9)29-19(3)23(13-24(29)46-32)22-11-12-43-16-22/h10-12,16-17,23-27,30-32H,13-15H2,1-9H3/b18-10+/t23-,24-,25-,26-,27+,30-,31+,32-,34-,35+,36-/m1/s1. The first-order valence-corrected chi connectivity index (χ1v) is 16.2. The first-order valence-electron chi connectivity index (χ1n) is 16.2. The molecule has 0 radical (unpaired) electrons. The van der Waals surface area contributed by atoms with E-state index in [1.807, 2.05) is 19.9 Å². The molecular weight excluding hydrogens is 608 g/mol. The van der Waals surface area contributed by atoms with Gasteiger partial charge in [0.15, 0.2) is 0 Å². The molecule has 47 heavy (non-hydrogen) atoms. The Morgan fingerprint density at radius 2 is 1.68 bits per heavy atom. The maximum atomic E-state index is 13.5. The van der Waals surface area contributed by atoms with Crippen LogP contribution in [0.2, 0.25) is 0 Å². The van der Waals surface area contributed by atoms with E-state index >= 15 is 0 Å². The van der Waals surface area contributed by atoms with E-state index in [1.54, 1.807) is 39.4 Å². The van der Waals surface area contributed by atoms with Crippen LogP contribution in [0, 0.1) is 28.1 Å². The highest BCUT2D eigenvalue weighted by Crippen LogP contribution is 2.72. The molecule has 3 fully saturated rings. The fraction of sp³-hybridized carbons (Fsp3) is 0.639. The van der Waals surface area contributed by atoms with Gasteiger partial charge in [0.1, 0.15) is 30.7 Å². The largest absolute Gasteiger partial charge is 0.472 e. The van der Waals surface area contributed by atoms with Gasteiger partial charge in [-0.2, -0.15) is 0 Å². The second kappa shape index (κ2) is 12.4. The molecule has 4 aliphatic rings. The average molecular weight is 655 g/mol. The third kappa shape index (κ3) is 5.25. The van der Waals surface area contributed by atoms with E-state index < -0.39 is 76.4 Å². The van der Waals surface area contributed by atoms with E-state index in [2.05, 4.69) is 6.92 Å².